The molecule has 8 nitrogen and oxygen atoms in total. The lowest BCUT2D eigenvalue weighted by atomic mass is 9.85. The van der Waals surface area contributed by atoms with Gasteiger partial charge >= 0.3 is 12.2 Å². The Morgan fingerprint density at radius 3 is 2.24 bits per heavy atom. The van der Waals surface area contributed by atoms with E-state index in [0.717, 1.165) is 28.6 Å². The largest absolute Gasteiger partial charge is 0.416 e. The van der Waals surface area contributed by atoms with Crippen LogP contribution < -0.4 is 10.6 Å². The molecule has 0 saturated heterocycles. The summed E-state index contributed by atoms with van der Waals surface area (Å²) in [6.07, 6.45) is -2.80. The summed E-state index contributed by atoms with van der Waals surface area (Å²) in [5, 5.41) is 10.2. The zero-order valence-electron chi connectivity index (χ0n) is 21.5. The van der Waals surface area contributed by atoms with Gasteiger partial charge < -0.3 is 15.5 Å². The molecule has 4 rings (SSSR count). The van der Waals surface area contributed by atoms with E-state index < -0.39 is 23.2 Å². The quantitative estimate of drug-likeness (QED) is 0.352. The fourth-order valence-electron chi connectivity index (χ4n) is 4.14. The third-order valence-corrected chi connectivity index (χ3v) is 6.19. The maximum Gasteiger partial charge on any atom is 0.416 e. The minimum Gasteiger partial charge on any atom is -0.348 e. The first-order chi connectivity index (χ1) is 17.8. The van der Waals surface area contributed by atoms with Crippen LogP contribution in [0.25, 0.3) is 22.2 Å². The first kappa shape index (κ1) is 26.6. The molecule has 0 fully saturated rings. The topological polar surface area (TPSA) is 92.2 Å². The molecule has 0 radical (unpaired) electrons. The van der Waals surface area contributed by atoms with Crippen LogP contribution in [0.1, 0.15) is 25.1 Å². The number of likely N-dealkylation sites (N-methyl/N-ethyl adjacent to an activating group) is 1. The molecule has 0 saturated carbocycles. The van der Waals surface area contributed by atoms with Crippen molar-refractivity contribution in [3.63, 3.8) is 0 Å². The molecule has 4 aromatic rings. The van der Waals surface area contributed by atoms with Gasteiger partial charge in [0.15, 0.2) is 5.65 Å². The van der Waals surface area contributed by atoms with Gasteiger partial charge in [0.05, 0.1) is 22.9 Å². The number of benzene rings is 2. The molecular formula is C27H27F3N6O2. The lowest BCUT2D eigenvalue weighted by Crippen LogP contribution is -2.39. The third kappa shape index (κ3) is 5.31. The number of alkyl halides is 3. The number of fused-ring (bicyclic) bond motifs is 1. The van der Waals surface area contributed by atoms with Gasteiger partial charge in [0.25, 0.3) is 0 Å². The van der Waals surface area contributed by atoms with E-state index >= 15 is 0 Å². The van der Waals surface area contributed by atoms with Crippen LogP contribution in [0.4, 0.5) is 29.3 Å². The summed E-state index contributed by atoms with van der Waals surface area (Å²) in [5.41, 5.74) is 1.56. The number of carbonyl (C=O) groups is 2. The molecule has 2 heterocycles. The van der Waals surface area contributed by atoms with Crippen molar-refractivity contribution in [3.05, 3.63) is 72.1 Å². The number of hydrogen-bond acceptors (Lipinski definition) is 4. The Kier molecular flexibility index (Phi) is 6.88. The van der Waals surface area contributed by atoms with Crippen LogP contribution in [-0.2, 0) is 23.4 Å². The Labute approximate surface area is 217 Å². The van der Waals surface area contributed by atoms with E-state index in [1.165, 1.54) is 17.0 Å². The molecule has 198 valence electrons. The number of carbonyl (C=O) groups excluding carboxylic acids is 2. The van der Waals surface area contributed by atoms with Crippen molar-refractivity contribution in [2.75, 3.05) is 24.7 Å². The van der Waals surface area contributed by atoms with Gasteiger partial charge in [-0.1, -0.05) is 18.2 Å². The third-order valence-electron chi connectivity index (χ3n) is 6.19. The monoisotopic (exact) mass is 524 g/mol. The lowest BCUT2D eigenvalue weighted by Gasteiger charge is -2.27. The molecule has 2 aromatic heterocycles. The normalized spacial score (nSPS) is 11.9. The van der Waals surface area contributed by atoms with Gasteiger partial charge in [-0.2, -0.15) is 18.3 Å². The van der Waals surface area contributed by atoms with Crippen molar-refractivity contribution >= 4 is 34.3 Å². The van der Waals surface area contributed by atoms with E-state index in [0.29, 0.717) is 17.0 Å². The number of amides is 3. The highest BCUT2D eigenvalue weighted by atomic mass is 19.4. The summed E-state index contributed by atoms with van der Waals surface area (Å²) in [6, 6.07) is 12.5. The summed E-state index contributed by atoms with van der Waals surface area (Å²) in [5.74, 6) is -0.0937. The van der Waals surface area contributed by atoms with Gasteiger partial charge in [-0.15, -0.1) is 0 Å². The van der Waals surface area contributed by atoms with Crippen LogP contribution in [0.3, 0.4) is 0 Å². The molecule has 0 spiro atoms. The smallest absolute Gasteiger partial charge is 0.348 e. The number of nitrogens with zero attached hydrogens (tertiary/aromatic N) is 4. The second-order valence-electron chi connectivity index (χ2n) is 9.62. The van der Waals surface area contributed by atoms with E-state index in [1.54, 1.807) is 56.3 Å². The molecule has 0 aliphatic heterocycles. The van der Waals surface area contributed by atoms with Crippen LogP contribution in [0.2, 0.25) is 0 Å². The van der Waals surface area contributed by atoms with Crippen molar-refractivity contribution < 1.29 is 22.8 Å². The number of urea groups is 1. The number of aryl methyl sites for hydroxylation is 1. The first-order valence-corrected chi connectivity index (χ1v) is 11.7. The van der Waals surface area contributed by atoms with Crippen molar-refractivity contribution in [2.24, 2.45) is 7.05 Å². The zero-order chi connectivity index (χ0) is 27.8. The minimum absolute atomic E-state index is 0.0205. The maximum absolute atomic E-state index is 12.9. The highest BCUT2D eigenvalue weighted by Gasteiger charge is 2.34. The zero-order valence-corrected chi connectivity index (χ0v) is 21.5. The van der Waals surface area contributed by atoms with E-state index in [-0.39, 0.29) is 11.6 Å². The molecular weight excluding hydrogens is 497 g/mol. The van der Waals surface area contributed by atoms with Gasteiger partial charge in [-0.3, -0.25) is 9.48 Å². The van der Waals surface area contributed by atoms with Gasteiger partial charge in [0.1, 0.15) is 0 Å². The molecule has 3 amide bonds. The number of nitrogens with one attached hydrogen (secondary N) is 2. The fraction of sp³-hybridized carbons (Fsp3) is 0.259. The summed E-state index contributed by atoms with van der Waals surface area (Å²) in [4.78, 5) is 31.5. The molecule has 0 unspecified atom stereocenters. The molecule has 11 heteroatoms. The summed E-state index contributed by atoms with van der Waals surface area (Å²) < 4.78 is 40.5. The van der Waals surface area contributed by atoms with Gasteiger partial charge in [-0.25, -0.2) is 9.78 Å². The number of anilines is 2. The average Bonchev–Trinajstić information content (AvgIpc) is 3.23. The summed E-state index contributed by atoms with van der Waals surface area (Å²) in [7, 11) is 5.17. The van der Waals surface area contributed by atoms with E-state index in [4.69, 9.17) is 4.98 Å². The first-order valence-electron chi connectivity index (χ1n) is 11.7. The number of aromatic nitrogens is 3. The molecule has 2 N–H and O–H groups in total. The van der Waals surface area contributed by atoms with Crippen molar-refractivity contribution in [1.29, 1.82) is 0 Å². The second kappa shape index (κ2) is 9.81. The van der Waals surface area contributed by atoms with Crippen LogP contribution in [0, 0.1) is 0 Å². The molecule has 38 heavy (non-hydrogen) atoms. The highest BCUT2D eigenvalue weighted by molar-refractivity contribution is 6.00. The standard InChI is InChI=1S/C27H27F3N6O2/c1-26(2,24(37)35(3)4)22-14-20(21-15-31-36(5)23(21)34-22)16-9-11-18(12-10-16)32-25(38)33-19-8-6-7-17(13-19)27(28,29)30/h6-15H,1-5H3,(H2,32,33,38). The van der Waals surface area contributed by atoms with Crippen LogP contribution >= 0.6 is 0 Å². The maximum atomic E-state index is 12.9. The van der Waals surface area contributed by atoms with Gasteiger partial charge in [-0.05, 0) is 61.4 Å². The van der Waals surface area contributed by atoms with Crippen molar-refractivity contribution in [2.45, 2.75) is 25.4 Å². The summed E-state index contributed by atoms with van der Waals surface area (Å²) in [6.45, 7) is 3.64. The summed E-state index contributed by atoms with van der Waals surface area (Å²) >= 11 is 0. The number of hydrogen-bond donors (Lipinski definition) is 2. The van der Waals surface area contributed by atoms with Gasteiger partial charge in [0.2, 0.25) is 5.91 Å². The van der Waals surface area contributed by atoms with Crippen LogP contribution in [0.5, 0.6) is 0 Å². The molecule has 0 aliphatic carbocycles. The highest BCUT2D eigenvalue weighted by Crippen LogP contribution is 2.34. The fourth-order valence-corrected chi connectivity index (χ4v) is 4.14. The molecule has 0 bridgehead atoms. The van der Waals surface area contributed by atoms with E-state index in [1.807, 2.05) is 19.9 Å². The van der Waals surface area contributed by atoms with Crippen molar-refractivity contribution in [3.8, 4) is 11.1 Å². The predicted octanol–water partition coefficient (Wildman–Crippen LogP) is 5.66. The minimum atomic E-state index is -4.51. The Morgan fingerprint density at radius 1 is 0.947 bits per heavy atom. The Hall–Kier alpha value is -4.41. The van der Waals surface area contributed by atoms with E-state index in [2.05, 4.69) is 15.7 Å². The second-order valence-corrected chi connectivity index (χ2v) is 9.62. The lowest BCUT2D eigenvalue weighted by molar-refractivity contribution is -0.137. The Morgan fingerprint density at radius 2 is 1.61 bits per heavy atom. The number of halogens is 3. The molecule has 0 aliphatic rings. The van der Waals surface area contributed by atoms with Crippen molar-refractivity contribution in [1.82, 2.24) is 19.7 Å². The van der Waals surface area contributed by atoms with E-state index in [9.17, 15) is 22.8 Å². The number of pyridine rings is 1. The SMILES string of the molecule is CN(C)C(=O)C(C)(C)c1cc(-c2ccc(NC(=O)Nc3cccc(C(F)(F)F)c3)cc2)c2cnn(C)c2n1. The van der Waals surface area contributed by atoms with Crippen LogP contribution in [0.15, 0.2) is 60.8 Å². The van der Waals surface area contributed by atoms with Gasteiger partial charge in [0, 0.05) is 37.9 Å². The molecule has 0 atom stereocenters. The Balaban J connectivity index is 1.60. The van der Waals surface area contributed by atoms with Crippen LogP contribution in [-0.4, -0.2) is 45.7 Å². The molecule has 2 aromatic carbocycles. The number of rotatable bonds is 5. The Bertz CT molecular complexity index is 1510. The predicted molar refractivity (Wildman–Crippen MR) is 140 cm³/mol. The average molecular weight is 525 g/mol.